The Bertz CT molecular complexity index is 200. The molecule has 1 nitrogen and oxygen atoms in total. The van der Waals surface area contributed by atoms with Gasteiger partial charge in [-0.2, -0.15) is 0 Å². The lowest BCUT2D eigenvalue weighted by Gasteiger charge is -2.47. The van der Waals surface area contributed by atoms with E-state index in [0.717, 1.165) is 0 Å². The van der Waals surface area contributed by atoms with Crippen molar-refractivity contribution in [3.63, 3.8) is 0 Å². The first-order chi connectivity index (χ1) is 6.21. The molecule has 16 heavy (non-hydrogen) atoms. The molecule has 0 aliphatic carbocycles. The fourth-order valence-electron chi connectivity index (χ4n) is 0.944. The molecule has 0 bridgehead atoms. The van der Waals surface area contributed by atoms with Gasteiger partial charge in [-0.3, -0.25) is 0 Å². The van der Waals surface area contributed by atoms with E-state index in [-0.39, 0.29) is 12.4 Å². The Hall–Kier alpha value is 0.684. The quantitative estimate of drug-likeness (QED) is 0.613. The zero-order chi connectivity index (χ0) is 12.7. The normalized spacial score (nSPS) is 14.6. The highest BCUT2D eigenvalue weighted by Gasteiger charge is 2.46. The van der Waals surface area contributed by atoms with Gasteiger partial charge >= 0.3 is 0 Å². The third-order valence-corrected chi connectivity index (χ3v) is 15.4. The van der Waals surface area contributed by atoms with Crippen LogP contribution in [-0.4, -0.2) is 16.6 Å². The highest BCUT2D eigenvalue weighted by atomic mass is 35.5. The van der Waals surface area contributed by atoms with E-state index in [4.69, 9.17) is 4.12 Å². The molecule has 0 fully saturated rings. The smallest absolute Gasteiger partial charge is 0.178 e. The summed E-state index contributed by atoms with van der Waals surface area (Å²) in [6.45, 7) is 23.3. The molecule has 0 atom stereocenters. The molecular formula is C12H31ClOSi2. The van der Waals surface area contributed by atoms with Gasteiger partial charge < -0.3 is 4.12 Å². The average Bonchev–Trinajstić information content (AvgIpc) is 1.77. The molecule has 100 valence electrons. The third-order valence-electron chi connectivity index (χ3n) is 4.12. The second-order valence-corrected chi connectivity index (χ2v) is 17.5. The lowest BCUT2D eigenvalue weighted by Crippen LogP contribution is -2.53. The number of halogens is 1. The van der Waals surface area contributed by atoms with Gasteiger partial charge in [-0.25, -0.2) is 0 Å². The van der Waals surface area contributed by atoms with Crippen molar-refractivity contribution in [1.82, 2.24) is 0 Å². The monoisotopic (exact) mass is 282 g/mol. The van der Waals surface area contributed by atoms with E-state index in [9.17, 15) is 0 Å². The maximum atomic E-state index is 6.63. The van der Waals surface area contributed by atoms with Crippen molar-refractivity contribution in [3.8, 4) is 0 Å². The Labute approximate surface area is 111 Å². The Morgan fingerprint density at radius 3 is 0.938 bits per heavy atom. The van der Waals surface area contributed by atoms with Crippen molar-refractivity contribution in [2.24, 2.45) is 0 Å². The van der Waals surface area contributed by atoms with E-state index in [1.807, 2.05) is 0 Å². The fraction of sp³-hybridized carbons (Fsp3) is 1.00. The molecule has 4 heteroatoms. The molecule has 0 spiro atoms. The summed E-state index contributed by atoms with van der Waals surface area (Å²) < 4.78 is 6.63. The van der Waals surface area contributed by atoms with Crippen molar-refractivity contribution in [3.05, 3.63) is 0 Å². The minimum atomic E-state index is -1.59. The van der Waals surface area contributed by atoms with Crippen molar-refractivity contribution < 1.29 is 4.12 Å². The molecule has 0 saturated heterocycles. The predicted molar refractivity (Wildman–Crippen MR) is 82.7 cm³/mol. The molecule has 0 N–H and O–H groups in total. The van der Waals surface area contributed by atoms with Gasteiger partial charge in [0.25, 0.3) is 0 Å². The van der Waals surface area contributed by atoms with Crippen molar-refractivity contribution in [2.75, 3.05) is 0 Å². The van der Waals surface area contributed by atoms with Crippen LogP contribution in [0.25, 0.3) is 0 Å². The fourth-order valence-corrected chi connectivity index (χ4v) is 8.50. The zero-order valence-electron chi connectivity index (χ0n) is 12.8. The highest BCUT2D eigenvalue weighted by Crippen LogP contribution is 2.44. The molecule has 0 aromatic carbocycles. The molecule has 0 amide bonds. The van der Waals surface area contributed by atoms with E-state index < -0.39 is 16.6 Å². The molecule has 0 unspecified atom stereocenters. The first kappa shape index (κ1) is 19.0. The lowest BCUT2D eigenvalue weighted by molar-refractivity contribution is 0.449. The Morgan fingerprint density at radius 1 is 0.625 bits per heavy atom. The lowest BCUT2D eigenvalue weighted by atomic mass is 10.2. The van der Waals surface area contributed by atoms with Crippen LogP contribution in [0.1, 0.15) is 41.5 Å². The van der Waals surface area contributed by atoms with Gasteiger partial charge in [0, 0.05) is 0 Å². The van der Waals surface area contributed by atoms with Crippen molar-refractivity contribution >= 4 is 29.0 Å². The van der Waals surface area contributed by atoms with Gasteiger partial charge in [0.15, 0.2) is 16.6 Å². The van der Waals surface area contributed by atoms with E-state index >= 15 is 0 Å². The van der Waals surface area contributed by atoms with Crippen LogP contribution < -0.4 is 0 Å². The third kappa shape index (κ3) is 4.51. The molecular weight excluding hydrogens is 252 g/mol. The predicted octanol–water partition coefficient (Wildman–Crippen LogP) is 5.44. The molecule has 0 aromatic rings. The van der Waals surface area contributed by atoms with E-state index in [1.54, 1.807) is 0 Å². The van der Waals surface area contributed by atoms with Crippen LogP contribution in [0.5, 0.6) is 0 Å². The second kappa shape index (κ2) is 5.13. The van der Waals surface area contributed by atoms with Crippen LogP contribution in [0, 0.1) is 0 Å². The van der Waals surface area contributed by atoms with Crippen molar-refractivity contribution in [1.29, 1.82) is 0 Å². The van der Waals surface area contributed by atoms with Gasteiger partial charge in [0.2, 0.25) is 0 Å². The van der Waals surface area contributed by atoms with Crippen LogP contribution in [0.3, 0.4) is 0 Å². The van der Waals surface area contributed by atoms with Crippen LogP contribution >= 0.6 is 12.4 Å². The van der Waals surface area contributed by atoms with Crippen molar-refractivity contribution in [2.45, 2.75) is 77.8 Å². The molecule has 0 heterocycles. The second-order valence-electron chi connectivity index (χ2n) is 7.62. The standard InChI is InChI=1S/C12H30OSi2.ClH/c1-11(2,3)14(7,8)13-15(9,10)12(4,5)6;/h1-10H3;1H. The van der Waals surface area contributed by atoms with Gasteiger partial charge in [-0.15, -0.1) is 12.4 Å². The van der Waals surface area contributed by atoms with Gasteiger partial charge in [-0.05, 0) is 36.3 Å². The Morgan fingerprint density at radius 2 is 0.812 bits per heavy atom. The van der Waals surface area contributed by atoms with Gasteiger partial charge in [-0.1, -0.05) is 41.5 Å². The summed E-state index contributed by atoms with van der Waals surface area (Å²) in [6.07, 6.45) is 0. The molecule has 0 aliphatic heterocycles. The Kier molecular flexibility index (Phi) is 6.10. The van der Waals surface area contributed by atoms with E-state index in [0.29, 0.717) is 10.1 Å². The molecule has 0 saturated carbocycles. The number of rotatable bonds is 2. The summed E-state index contributed by atoms with van der Waals surface area (Å²) in [4.78, 5) is 0. The van der Waals surface area contributed by atoms with Gasteiger partial charge in [0.1, 0.15) is 0 Å². The molecule has 0 radical (unpaired) electrons. The molecule has 0 aromatic heterocycles. The maximum absolute atomic E-state index is 6.63. The number of hydrogen-bond donors (Lipinski definition) is 0. The topological polar surface area (TPSA) is 9.23 Å². The van der Waals surface area contributed by atoms with E-state index in [2.05, 4.69) is 67.7 Å². The maximum Gasteiger partial charge on any atom is 0.178 e. The van der Waals surface area contributed by atoms with Crippen LogP contribution in [-0.2, 0) is 4.12 Å². The minimum Gasteiger partial charge on any atom is -0.455 e. The summed E-state index contributed by atoms with van der Waals surface area (Å²) >= 11 is 0. The summed E-state index contributed by atoms with van der Waals surface area (Å²) in [5.74, 6) is 0. The number of hydrogen-bond acceptors (Lipinski definition) is 1. The zero-order valence-corrected chi connectivity index (χ0v) is 15.6. The summed E-state index contributed by atoms with van der Waals surface area (Å²) in [5.41, 5.74) is 0. The first-order valence-electron chi connectivity index (χ1n) is 5.91. The van der Waals surface area contributed by atoms with Gasteiger partial charge in [0.05, 0.1) is 0 Å². The molecule has 0 aliphatic rings. The summed E-state index contributed by atoms with van der Waals surface area (Å²) in [7, 11) is -3.18. The summed E-state index contributed by atoms with van der Waals surface area (Å²) in [6, 6.07) is 0. The largest absolute Gasteiger partial charge is 0.455 e. The SMILES string of the molecule is CC(C)(C)[Si](C)(C)O[Si](C)(C)C(C)(C)C.Cl. The average molecular weight is 283 g/mol. The van der Waals surface area contributed by atoms with Crippen LogP contribution in [0.4, 0.5) is 0 Å². The minimum absolute atomic E-state index is 0. The van der Waals surface area contributed by atoms with Crippen LogP contribution in [0.15, 0.2) is 0 Å². The Balaban J connectivity index is 0. The first-order valence-corrected chi connectivity index (χ1v) is 11.7. The molecule has 0 rings (SSSR count). The van der Waals surface area contributed by atoms with Crippen LogP contribution in [0.2, 0.25) is 36.3 Å². The highest BCUT2D eigenvalue weighted by molar-refractivity contribution is 6.87. The summed E-state index contributed by atoms with van der Waals surface area (Å²) in [5, 5.41) is 0.644. The van der Waals surface area contributed by atoms with E-state index in [1.165, 1.54) is 0 Å².